The Kier molecular flexibility index (Phi) is 2.58. The third-order valence-corrected chi connectivity index (χ3v) is 4.29. The number of rotatable bonds is 1. The van der Waals surface area contributed by atoms with Gasteiger partial charge in [0.1, 0.15) is 0 Å². The number of hydrogen-bond donors (Lipinski definition) is 1. The molecule has 1 aromatic rings. The van der Waals surface area contributed by atoms with E-state index in [1.165, 1.54) is 25.7 Å². The minimum Gasteiger partial charge on any atom is -0.381 e. The van der Waals surface area contributed by atoms with Crippen molar-refractivity contribution in [3.63, 3.8) is 0 Å². The lowest BCUT2D eigenvalue weighted by Gasteiger charge is -2.38. The fraction of sp³-hybridized carbons (Fsp3) is 0.833. The lowest BCUT2D eigenvalue weighted by Crippen LogP contribution is -2.38. The van der Waals surface area contributed by atoms with E-state index in [0.717, 1.165) is 25.1 Å². The average molecular weight is 236 g/mol. The van der Waals surface area contributed by atoms with Crippen LogP contribution in [0.1, 0.15) is 50.3 Å². The first-order chi connectivity index (χ1) is 8.20. The highest BCUT2D eigenvalue weighted by Crippen LogP contribution is 2.43. The highest BCUT2D eigenvalue weighted by Gasteiger charge is 2.41. The van der Waals surface area contributed by atoms with Gasteiger partial charge in [-0.25, -0.2) is 4.68 Å². The van der Waals surface area contributed by atoms with Gasteiger partial charge in [-0.15, -0.1) is 5.10 Å². The van der Waals surface area contributed by atoms with E-state index >= 15 is 0 Å². The zero-order valence-corrected chi connectivity index (χ0v) is 10.4. The summed E-state index contributed by atoms with van der Waals surface area (Å²) in [5.74, 6) is 0.553. The summed E-state index contributed by atoms with van der Waals surface area (Å²) in [5, 5.41) is 8.14. The lowest BCUT2D eigenvalue weighted by atomic mass is 9.89. The van der Waals surface area contributed by atoms with Crippen molar-refractivity contribution in [1.29, 1.82) is 0 Å². The zero-order valence-electron chi connectivity index (χ0n) is 10.4. The molecule has 1 aliphatic heterocycles. The SMILES string of the molecule is Cc1c(N)nnn1C1CCOC2(CCCC2)C1. The van der Waals surface area contributed by atoms with E-state index in [9.17, 15) is 0 Å². The summed E-state index contributed by atoms with van der Waals surface area (Å²) in [6.07, 6.45) is 7.08. The van der Waals surface area contributed by atoms with Gasteiger partial charge in [-0.1, -0.05) is 18.1 Å². The van der Waals surface area contributed by atoms with Crippen LogP contribution >= 0.6 is 0 Å². The van der Waals surface area contributed by atoms with Gasteiger partial charge in [0.25, 0.3) is 0 Å². The molecule has 0 bridgehead atoms. The highest BCUT2D eigenvalue weighted by atomic mass is 16.5. The average Bonchev–Trinajstić information content (AvgIpc) is 2.89. The van der Waals surface area contributed by atoms with Gasteiger partial charge in [0, 0.05) is 6.61 Å². The molecule has 3 rings (SSSR count). The molecule has 1 unspecified atom stereocenters. The van der Waals surface area contributed by atoms with E-state index in [2.05, 4.69) is 10.3 Å². The smallest absolute Gasteiger partial charge is 0.168 e. The van der Waals surface area contributed by atoms with Gasteiger partial charge >= 0.3 is 0 Å². The molecular formula is C12H20N4O. The first kappa shape index (κ1) is 11.0. The summed E-state index contributed by atoms with van der Waals surface area (Å²) in [5.41, 5.74) is 6.88. The minimum atomic E-state index is 0.121. The van der Waals surface area contributed by atoms with Crippen molar-refractivity contribution in [3.8, 4) is 0 Å². The summed E-state index contributed by atoms with van der Waals surface area (Å²) in [4.78, 5) is 0. The maximum Gasteiger partial charge on any atom is 0.168 e. The largest absolute Gasteiger partial charge is 0.381 e. The third kappa shape index (κ3) is 1.82. The number of aromatic nitrogens is 3. The van der Waals surface area contributed by atoms with Crippen molar-refractivity contribution >= 4 is 5.82 Å². The van der Waals surface area contributed by atoms with Gasteiger partial charge in [0.05, 0.1) is 17.3 Å². The molecule has 2 N–H and O–H groups in total. The van der Waals surface area contributed by atoms with Crippen molar-refractivity contribution < 1.29 is 4.74 Å². The summed E-state index contributed by atoms with van der Waals surface area (Å²) in [7, 11) is 0. The molecule has 2 fully saturated rings. The molecule has 2 aliphatic rings. The Morgan fingerprint density at radius 1 is 1.41 bits per heavy atom. The van der Waals surface area contributed by atoms with Crippen LogP contribution in [0.5, 0.6) is 0 Å². The Balaban J connectivity index is 1.82. The van der Waals surface area contributed by atoms with E-state index in [1.54, 1.807) is 0 Å². The molecule has 17 heavy (non-hydrogen) atoms. The van der Waals surface area contributed by atoms with Gasteiger partial charge in [0.15, 0.2) is 5.82 Å². The maximum absolute atomic E-state index is 6.03. The van der Waals surface area contributed by atoms with Crippen molar-refractivity contribution in [2.75, 3.05) is 12.3 Å². The zero-order chi connectivity index (χ0) is 11.9. The summed E-state index contributed by atoms with van der Waals surface area (Å²) in [6, 6.07) is 0.409. The predicted molar refractivity (Wildman–Crippen MR) is 64.6 cm³/mol. The summed E-state index contributed by atoms with van der Waals surface area (Å²) in [6.45, 7) is 2.83. The van der Waals surface area contributed by atoms with Crippen LogP contribution in [0, 0.1) is 6.92 Å². The first-order valence-corrected chi connectivity index (χ1v) is 6.51. The highest BCUT2D eigenvalue weighted by molar-refractivity contribution is 5.31. The van der Waals surface area contributed by atoms with Crippen molar-refractivity contribution in [3.05, 3.63) is 5.69 Å². The van der Waals surface area contributed by atoms with Gasteiger partial charge < -0.3 is 10.5 Å². The molecule has 1 aromatic heterocycles. The molecule has 1 saturated heterocycles. The number of nitrogen functional groups attached to an aromatic ring is 1. The van der Waals surface area contributed by atoms with Crippen LogP contribution in [0.15, 0.2) is 0 Å². The molecule has 0 radical (unpaired) electrons. The van der Waals surface area contributed by atoms with Crippen LogP contribution in [0.2, 0.25) is 0 Å². The molecule has 0 amide bonds. The quantitative estimate of drug-likeness (QED) is 0.808. The molecule has 94 valence electrons. The van der Waals surface area contributed by atoms with Crippen molar-refractivity contribution in [2.24, 2.45) is 0 Å². The van der Waals surface area contributed by atoms with Gasteiger partial charge in [-0.2, -0.15) is 0 Å². The molecular weight excluding hydrogens is 216 g/mol. The Morgan fingerprint density at radius 3 is 2.82 bits per heavy atom. The monoisotopic (exact) mass is 236 g/mol. The maximum atomic E-state index is 6.03. The Morgan fingerprint density at radius 2 is 2.18 bits per heavy atom. The van der Waals surface area contributed by atoms with E-state index in [0.29, 0.717) is 11.9 Å². The number of nitrogens with zero attached hydrogens (tertiary/aromatic N) is 3. The number of anilines is 1. The minimum absolute atomic E-state index is 0.121. The van der Waals surface area contributed by atoms with Crippen LogP contribution in [-0.2, 0) is 4.74 Å². The molecule has 5 heteroatoms. The molecule has 1 aliphatic carbocycles. The third-order valence-electron chi connectivity index (χ3n) is 4.29. The number of nitrogens with two attached hydrogens (primary N) is 1. The fourth-order valence-electron chi connectivity index (χ4n) is 3.28. The van der Waals surface area contributed by atoms with Crippen LogP contribution in [0.3, 0.4) is 0 Å². The molecule has 1 saturated carbocycles. The van der Waals surface area contributed by atoms with E-state index in [1.807, 2.05) is 11.6 Å². The number of ether oxygens (including phenoxy) is 1. The normalized spacial score (nSPS) is 27.7. The van der Waals surface area contributed by atoms with Gasteiger partial charge in [-0.05, 0) is 32.6 Å². The summed E-state index contributed by atoms with van der Waals surface area (Å²) >= 11 is 0. The van der Waals surface area contributed by atoms with Crippen LogP contribution in [0.25, 0.3) is 0 Å². The molecule has 1 atom stereocenters. The topological polar surface area (TPSA) is 66.0 Å². The molecule has 1 spiro atoms. The van der Waals surface area contributed by atoms with Crippen molar-refractivity contribution in [2.45, 2.75) is 57.1 Å². The van der Waals surface area contributed by atoms with Crippen molar-refractivity contribution in [1.82, 2.24) is 15.0 Å². The standard InChI is InChI=1S/C12H20N4O/c1-9-11(13)14-15-16(9)10-4-7-17-12(8-10)5-2-3-6-12/h10H,2-8,13H2,1H3. The van der Waals surface area contributed by atoms with Gasteiger partial charge in [-0.3, -0.25) is 0 Å². The molecule has 5 nitrogen and oxygen atoms in total. The van der Waals surface area contributed by atoms with Crippen LogP contribution < -0.4 is 5.73 Å². The second-order valence-corrected chi connectivity index (χ2v) is 5.39. The Labute approximate surface area is 101 Å². The summed E-state index contributed by atoms with van der Waals surface area (Å²) < 4.78 is 8.03. The molecule has 2 heterocycles. The Bertz CT molecular complexity index is 409. The number of hydrogen-bond acceptors (Lipinski definition) is 4. The van der Waals surface area contributed by atoms with E-state index in [-0.39, 0.29) is 5.60 Å². The van der Waals surface area contributed by atoms with E-state index in [4.69, 9.17) is 10.5 Å². The second-order valence-electron chi connectivity index (χ2n) is 5.39. The van der Waals surface area contributed by atoms with Crippen LogP contribution in [-0.4, -0.2) is 27.2 Å². The molecule has 0 aromatic carbocycles. The Hall–Kier alpha value is -1.10. The first-order valence-electron chi connectivity index (χ1n) is 6.51. The van der Waals surface area contributed by atoms with Crippen LogP contribution in [0.4, 0.5) is 5.82 Å². The lowest BCUT2D eigenvalue weighted by molar-refractivity contribution is -0.0914. The van der Waals surface area contributed by atoms with E-state index < -0.39 is 0 Å². The van der Waals surface area contributed by atoms with Gasteiger partial charge in [0.2, 0.25) is 0 Å². The second kappa shape index (κ2) is 3.98. The fourth-order valence-corrected chi connectivity index (χ4v) is 3.28. The predicted octanol–water partition coefficient (Wildman–Crippen LogP) is 1.83.